The molecule has 8 heteroatoms. The highest BCUT2D eigenvalue weighted by Crippen LogP contribution is 2.43. The van der Waals surface area contributed by atoms with Crippen molar-refractivity contribution >= 4 is 21.7 Å². The number of carboxylic acids is 1. The Hall–Kier alpha value is -1.93. The Labute approximate surface area is 152 Å². The fraction of sp³-hybridized carbons (Fsp3) is 0.556. The number of benzene rings is 1. The molecule has 1 amide bonds. The van der Waals surface area contributed by atoms with E-state index in [4.69, 9.17) is 4.74 Å². The molecular weight excluding hydrogens is 358 g/mol. The molecule has 2 atom stereocenters. The SMILES string of the molecule is CCCS(=O)(=O)c1ccccc1C(=O)N1C[C@H]2COCC[C@@]2(C(=O)O)C1. The number of hydrogen-bond donors (Lipinski definition) is 1. The summed E-state index contributed by atoms with van der Waals surface area (Å²) in [5, 5.41) is 9.73. The topological polar surface area (TPSA) is 101 Å². The minimum Gasteiger partial charge on any atom is -0.481 e. The molecule has 0 bridgehead atoms. The average Bonchev–Trinajstić information content (AvgIpc) is 3.02. The van der Waals surface area contributed by atoms with E-state index in [9.17, 15) is 23.1 Å². The second kappa shape index (κ2) is 7.00. The van der Waals surface area contributed by atoms with Gasteiger partial charge < -0.3 is 14.7 Å². The fourth-order valence-corrected chi connectivity index (χ4v) is 5.45. The standard InChI is InChI=1S/C18H23NO6S/c1-2-9-26(23,24)15-6-4-3-5-14(15)16(20)19-10-13-11-25-8-7-18(13,12-19)17(21)22/h3-6,13H,2,7-12H2,1H3,(H,21,22)/t13-,18+/m0/s1. The number of sulfone groups is 1. The number of hydrogen-bond acceptors (Lipinski definition) is 5. The van der Waals surface area contributed by atoms with Crippen molar-refractivity contribution in [1.82, 2.24) is 4.90 Å². The zero-order chi connectivity index (χ0) is 18.9. The van der Waals surface area contributed by atoms with Crippen molar-refractivity contribution in [3.8, 4) is 0 Å². The second-order valence-electron chi connectivity index (χ2n) is 6.98. The van der Waals surface area contributed by atoms with Gasteiger partial charge in [0.1, 0.15) is 0 Å². The van der Waals surface area contributed by atoms with Crippen molar-refractivity contribution in [2.24, 2.45) is 11.3 Å². The van der Waals surface area contributed by atoms with Crippen molar-refractivity contribution in [2.45, 2.75) is 24.7 Å². The molecule has 0 unspecified atom stereocenters. The summed E-state index contributed by atoms with van der Waals surface area (Å²) < 4.78 is 30.4. The normalized spacial score (nSPS) is 25.7. The number of carboxylic acid groups (broad SMARTS) is 1. The summed E-state index contributed by atoms with van der Waals surface area (Å²) in [7, 11) is -3.56. The molecule has 1 aromatic rings. The van der Waals surface area contributed by atoms with Crippen LogP contribution in [0, 0.1) is 11.3 Å². The van der Waals surface area contributed by atoms with Crippen molar-refractivity contribution in [3.05, 3.63) is 29.8 Å². The number of aliphatic carboxylic acids is 1. The summed E-state index contributed by atoms with van der Waals surface area (Å²) in [6.07, 6.45) is 0.808. The van der Waals surface area contributed by atoms with Crippen LogP contribution in [0.3, 0.4) is 0 Å². The van der Waals surface area contributed by atoms with Crippen molar-refractivity contribution in [1.29, 1.82) is 0 Å². The van der Waals surface area contributed by atoms with Crippen LogP contribution >= 0.6 is 0 Å². The average molecular weight is 381 g/mol. The highest BCUT2D eigenvalue weighted by atomic mass is 32.2. The quantitative estimate of drug-likeness (QED) is 0.828. The molecule has 1 aromatic carbocycles. The van der Waals surface area contributed by atoms with Gasteiger partial charge in [0.05, 0.1) is 28.2 Å². The number of rotatable bonds is 5. The van der Waals surface area contributed by atoms with Gasteiger partial charge >= 0.3 is 5.97 Å². The molecule has 0 spiro atoms. The zero-order valence-corrected chi connectivity index (χ0v) is 15.5. The molecule has 0 aromatic heterocycles. The summed E-state index contributed by atoms with van der Waals surface area (Å²) in [4.78, 5) is 26.4. The second-order valence-corrected chi connectivity index (χ2v) is 9.06. The first-order chi connectivity index (χ1) is 12.3. The van der Waals surface area contributed by atoms with Crippen molar-refractivity contribution in [3.63, 3.8) is 0 Å². The van der Waals surface area contributed by atoms with E-state index in [1.54, 1.807) is 19.1 Å². The summed E-state index contributed by atoms with van der Waals surface area (Å²) >= 11 is 0. The van der Waals surface area contributed by atoms with Crippen LogP contribution in [0.5, 0.6) is 0 Å². The molecule has 7 nitrogen and oxygen atoms in total. The Balaban J connectivity index is 1.93. The fourth-order valence-electron chi connectivity index (χ4n) is 3.92. The molecule has 2 heterocycles. The highest BCUT2D eigenvalue weighted by Gasteiger charge is 2.55. The Morgan fingerprint density at radius 3 is 2.73 bits per heavy atom. The summed E-state index contributed by atoms with van der Waals surface area (Å²) in [5.74, 6) is -1.67. The molecule has 3 rings (SSSR count). The largest absolute Gasteiger partial charge is 0.481 e. The van der Waals surface area contributed by atoms with Crippen molar-refractivity contribution < 1.29 is 27.9 Å². The maximum atomic E-state index is 13.1. The van der Waals surface area contributed by atoms with E-state index in [0.717, 1.165) is 0 Å². The number of fused-ring (bicyclic) bond motifs is 1. The lowest BCUT2D eigenvalue weighted by atomic mass is 9.74. The molecule has 0 radical (unpaired) electrons. The maximum absolute atomic E-state index is 13.1. The Bertz CT molecular complexity index is 821. The molecule has 2 aliphatic rings. The van der Waals surface area contributed by atoms with E-state index in [-0.39, 0.29) is 35.2 Å². The highest BCUT2D eigenvalue weighted by molar-refractivity contribution is 7.91. The monoisotopic (exact) mass is 381 g/mol. The van der Waals surface area contributed by atoms with Gasteiger partial charge in [0, 0.05) is 25.6 Å². The number of amides is 1. The van der Waals surface area contributed by atoms with Crippen molar-refractivity contribution in [2.75, 3.05) is 32.1 Å². The third-order valence-corrected chi connectivity index (χ3v) is 7.32. The number of carbonyl (C=O) groups is 2. The lowest BCUT2D eigenvalue weighted by molar-refractivity contribution is -0.157. The van der Waals surface area contributed by atoms with Gasteiger partial charge in [0.15, 0.2) is 9.84 Å². The van der Waals surface area contributed by atoms with E-state index in [1.807, 2.05) is 0 Å². The van der Waals surface area contributed by atoms with Gasteiger partial charge in [-0.05, 0) is 25.0 Å². The molecule has 26 heavy (non-hydrogen) atoms. The van der Waals surface area contributed by atoms with E-state index in [1.165, 1.54) is 17.0 Å². The molecular formula is C18H23NO6S. The number of nitrogens with zero attached hydrogens (tertiary/aromatic N) is 1. The zero-order valence-electron chi connectivity index (χ0n) is 14.7. The van der Waals surface area contributed by atoms with Crippen LogP contribution in [0.1, 0.15) is 30.1 Å². The van der Waals surface area contributed by atoms with E-state index >= 15 is 0 Å². The summed E-state index contributed by atoms with van der Waals surface area (Å²) in [5.41, 5.74) is -0.897. The van der Waals surface area contributed by atoms with E-state index < -0.39 is 27.1 Å². The van der Waals surface area contributed by atoms with Crippen LogP contribution < -0.4 is 0 Å². The first-order valence-electron chi connectivity index (χ1n) is 8.74. The lowest BCUT2D eigenvalue weighted by Crippen LogP contribution is -2.45. The van der Waals surface area contributed by atoms with Crippen LogP contribution in [0.25, 0.3) is 0 Å². The molecule has 2 fully saturated rings. The van der Waals surface area contributed by atoms with Gasteiger partial charge in [-0.15, -0.1) is 0 Å². The number of ether oxygens (including phenoxy) is 1. The van der Waals surface area contributed by atoms with E-state index in [2.05, 4.69) is 0 Å². The number of carbonyl (C=O) groups excluding carboxylic acids is 1. The van der Waals surface area contributed by atoms with Crippen LogP contribution in [0.15, 0.2) is 29.2 Å². The van der Waals surface area contributed by atoms with Crippen LogP contribution in [-0.4, -0.2) is 62.4 Å². The predicted octanol–water partition coefficient (Wildman–Crippen LogP) is 1.43. The Morgan fingerprint density at radius 1 is 1.35 bits per heavy atom. The van der Waals surface area contributed by atoms with Gasteiger partial charge in [-0.2, -0.15) is 0 Å². The first kappa shape index (κ1) is 18.8. The van der Waals surface area contributed by atoms with Gasteiger partial charge in [0.2, 0.25) is 0 Å². The molecule has 1 N–H and O–H groups in total. The van der Waals surface area contributed by atoms with E-state index in [0.29, 0.717) is 26.1 Å². The van der Waals surface area contributed by atoms with Crippen LogP contribution in [0.2, 0.25) is 0 Å². The van der Waals surface area contributed by atoms with Crippen LogP contribution in [-0.2, 0) is 19.4 Å². The molecule has 0 saturated carbocycles. The molecule has 2 aliphatic heterocycles. The Morgan fingerprint density at radius 2 is 2.08 bits per heavy atom. The Kier molecular flexibility index (Phi) is 5.07. The van der Waals surface area contributed by atoms with Crippen LogP contribution in [0.4, 0.5) is 0 Å². The minimum atomic E-state index is -3.56. The predicted molar refractivity (Wildman–Crippen MR) is 93.7 cm³/mol. The summed E-state index contributed by atoms with van der Waals surface area (Å²) in [6, 6.07) is 6.15. The van der Waals surface area contributed by atoms with Gasteiger partial charge in [-0.25, -0.2) is 8.42 Å². The molecule has 2 saturated heterocycles. The first-order valence-corrected chi connectivity index (χ1v) is 10.4. The summed E-state index contributed by atoms with van der Waals surface area (Å²) in [6.45, 7) is 2.76. The third kappa shape index (κ3) is 3.12. The molecule has 0 aliphatic carbocycles. The maximum Gasteiger partial charge on any atom is 0.311 e. The molecule has 142 valence electrons. The van der Waals surface area contributed by atoms with Gasteiger partial charge in [-0.3, -0.25) is 9.59 Å². The minimum absolute atomic E-state index is 0.0161. The third-order valence-electron chi connectivity index (χ3n) is 5.35. The number of likely N-dealkylation sites (tertiary alicyclic amines) is 1. The lowest BCUT2D eigenvalue weighted by Gasteiger charge is -2.33. The van der Waals surface area contributed by atoms with Gasteiger partial charge in [0.25, 0.3) is 5.91 Å². The van der Waals surface area contributed by atoms with Gasteiger partial charge in [-0.1, -0.05) is 19.1 Å². The smallest absolute Gasteiger partial charge is 0.311 e.